The number of carbonyl (C=O) groups is 5. The van der Waals surface area contributed by atoms with Gasteiger partial charge in [0.25, 0.3) is 11.8 Å². The fourth-order valence-electron chi connectivity index (χ4n) is 3.71. The number of thiazole rings is 1. The molecule has 0 saturated carbocycles. The zero-order valence-corrected chi connectivity index (χ0v) is 22.4. The molecule has 3 amide bonds. The number of primary amides is 1. The molecule has 3 rings (SSSR count). The second kappa shape index (κ2) is 11.3. The minimum Gasteiger partial charge on any atom is -0.477 e. The highest BCUT2D eigenvalue weighted by molar-refractivity contribution is 8.00. The molecular weight excluding hydrogens is 524 g/mol. The molecule has 37 heavy (non-hydrogen) atoms. The summed E-state index contributed by atoms with van der Waals surface area (Å²) in [5, 5.41) is 13.8. The first kappa shape index (κ1) is 28.2. The Kier molecular flexibility index (Phi) is 8.64. The minimum absolute atomic E-state index is 0.0379. The van der Waals surface area contributed by atoms with Crippen LogP contribution in [0.4, 0.5) is 4.79 Å². The maximum atomic E-state index is 13.1. The number of nitrogens with two attached hydrogens (primary N) is 1. The average Bonchev–Trinajstić information content (AvgIpc) is 3.24. The molecule has 200 valence electrons. The second-order valence-electron chi connectivity index (χ2n) is 9.14. The zero-order valence-electron chi connectivity index (χ0n) is 20.7. The lowest BCUT2D eigenvalue weighted by Crippen LogP contribution is -2.70. The number of hydrogen-bond acceptors (Lipinski definition) is 10. The van der Waals surface area contributed by atoms with E-state index in [1.54, 1.807) is 32.2 Å². The molecule has 12 nitrogen and oxygen atoms in total. The molecule has 0 radical (unpaired) electrons. The molecule has 1 saturated heterocycles. The lowest BCUT2D eigenvalue weighted by Gasteiger charge is -2.49. The predicted molar refractivity (Wildman–Crippen MR) is 135 cm³/mol. The van der Waals surface area contributed by atoms with Crippen LogP contribution in [0.2, 0.25) is 0 Å². The summed E-state index contributed by atoms with van der Waals surface area (Å²) in [6.07, 6.45) is 1.08. The summed E-state index contributed by atoms with van der Waals surface area (Å²) >= 11 is 2.45. The van der Waals surface area contributed by atoms with Crippen LogP contribution in [0.3, 0.4) is 0 Å². The van der Waals surface area contributed by atoms with Crippen molar-refractivity contribution in [1.82, 2.24) is 15.2 Å². The molecule has 1 aromatic heterocycles. The lowest BCUT2D eigenvalue weighted by atomic mass is 10.0. The number of nitrogens with one attached hydrogen (secondary N) is 1. The highest BCUT2D eigenvalue weighted by atomic mass is 32.2. The van der Waals surface area contributed by atoms with Crippen molar-refractivity contribution < 1.29 is 38.6 Å². The number of aromatic nitrogens is 1. The van der Waals surface area contributed by atoms with Crippen molar-refractivity contribution in [3.8, 4) is 0 Å². The number of aliphatic carboxylic acids is 1. The van der Waals surface area contributed by atoms with Gasteiger partial charge in [0.2, 0.25) is 0 Å². The van der Waals surface area contributed by atoms with E-state index in [0.717, 1.165) is 4.90 Å². The van der Waals surface area contributed by atoms with Crippen LogP contribution in [0.5, 0.6) is 0 Å². The first-order valence-corrected chi connectivity index (χ1v) is 13.2. The van der Waals surface area contributed by atoms with E-state index >= 15 is 0 Å². The molecule has 14 heteroatoms. The first-order valence-electron chi connectivity index (χ1n) is 11.3. The number of nitrogens with zero attached hydrogens (tertiary/aromatic N) is 2. The molecule has 0 aromatic carbocycles. The first-order chi connectivity index (χ1) is 17.3. The Morgan fingerprint density at radius 2 is 2.03 bits per heavy atom. The normalized spacial score (nSPS) is 19.6. The molecule has 2 aliphatic heterocycles. The van der Waals surface area contributed by atoms with Crippen LogP contribution in [-0.4, -0.2) is 74.2 Å². The number of thioether (sulfide) groups is 1. The smallest absolute Gasteiger partial charge is 0.404 e. The van der Waals surface area contributed by atoms with Gasteiger partial charge in [-0.2, -0.15) is 0 Å². The number of fused-ring (bicyclic) bond motifs is 1. The number of carboxylic acids is 1. The standard InChI is InChI=1S/C23H28N4O8S2/c1-5-6-12(13-10-36-14(25-13)7-15(28)35-23(2,3)4)18(29)26-16-19(30)27-17(21(31)32)11(8-34-22(24)33)9-37-20(16)27/h6,10,16,20H,5,7-9H2,1-4H3,(H2,24,33)(H,26,29)(H,31,32)/b12-6+/t16-,20+/m1/s1. The van der Waals surface area contributed by atoms with Gasteiger partial charge < -0.3 is 25.6 Å². The molecule has 0 bridgehead atoms. The Labute approximate surface area is 221 Å². The van der Waals surface area contributed by atoms with Crippen molar-refractivity contribution in [3.63, 3.8) is 0 Å². The zero-order chi connectivity index (χ0) is 27.5. The van der Waals surface area contributed by atoms with E-state index in [-0.39, 0.29) is 35.6 Å². The van der Waals surface area contributed by atoms with Gasteiger partial charge in [-0.05, 0) is 27.2 Å². The number of carboxylic acid groups (broad SMARTS) is 1. The van der Waals surface area contributed by atoms with Gasteiger partial charge in [-0.3, -0.25) is 19.3 Å². The van der Waals surface area contributed by atoms with Crippen LogP contribution in [0, 0.1) is 0 Å². The number of β-lactam (4-membered cyclic amide) rings is 1. The fraction of sp³-hybridized carbons (Fsp3) is 0.478. The van der Waals surface area contributed by atoms with Gasteiger partial charge in [0.1, 0.15) is 34.3 Å². The molecular formula is C23H28N4O8S2. The average molecular weight is 553 g/mol. The summed E-state index contributed by atoms with van der Waals surface area (Å²) in [6, 6.07) is -0.953. The highest BCUT2D eigenvalue weighted by Crippen LogP contribution is 2.40. The molecule has 4 N–H and O–H groups in total. The Morgan fingerprint density at radius 3 is 2.62 bits per heavy atom. The molecule has 3 heterocycles. The molecule has 1 fully saturated rings. The van der Waals surface area contributed by atoms with Crippen LogP contribution in [0.1, 0.15) is 44.8 Å². The van der Waals surface area contributed by atoms with Gasteiger partial charge in [-0.15, -0.1) is 23.1 Å². The predicted octanol–water partition coefficient (Wildman–Crippen LogP) is 1.65. The lowest BCUT2D eigenvalue weighted by molar-refractivity contribution is -0.154. The van der Waals surface area contributed by atoms with Gasteiger partial charge in [0.15, 0.2) is 0 Å². The largest absolute Gasteiger partial charge is 0.477 e. The number of allylic oxidation sites excluding steroid dienone is 1. The summed E-state index contributed by atoms with van der Waals surface area (Å²) < 4.78 is 10.0. The number of amides is 3. The number of esters is 1. The summed E-state index contributed by atoms with van der Waals surface area (Å²) in [4.78, 5) is 66.4. The van der Waals surface area contributed by atoms with Gasteiger partial charge in [0, 0.05) is 16.7 Å². The summed E-state index contributed by atoms with van der Waals surface area (Å²) in [5.74, 6) is -2.75. The van der Waals surface area contributed by atoms with Gasteiger partial charge in [0.05, 0.1) is 17.7 Å². The van der Waals surface area contributed by atoms with E-state index < -0.39 is 46.9 Å². The van der Waals surface area contributed by atoms with Gasteiger partial charge in [-0.25, -0.2) is 14.6 Å². The number of ether oxygens (including phenoxy) is 2. The van der Waals surface area contributed by atoms with Crippen LogP contribution < -0.4 is 11.1 Å². The summed E-state index contributed by atoms with van der Waals surface area (Å²) in [6.45, 7) is 6.79. The molecule has 0 spiro atoms. The molecule has 1 aromatic rings. The Balaban J connectivity index is 1.72. The second-order valence-corrected chi connectivity index (χ2v) is 11.2. The van der Waals surface area contributed by atoms with Crippen LogP contribution >= 0.6 is 23.1 Å². The molecule has 2 aliphatic rings. The van der Waals surface area contributed by atoms with Crippen molar-refractivity contribution in [2.75, 3.05) is 12.4 Å². The Bertz CT molecular complexity index is 1180. The number of carbonyl (C=O) groups excluding carboxylic acids is 4. The van der Waals surface area contributed by atoms with E-state index in [1.807, 2.05) is 6.92 Å². The Morgan fingerprint density at radius 1 is 1.32 bits per heavy atom. The molecule has 2 atom stereocenters. The summed E-state index contributed by atoms with van der Waals surface area (Å²) in [5.41, 5.74) is 4.89. The topological polar surface area (TPSA) is 178 Å². The van der Waals surface area contributed by atoms with Crippen LogP contribution in [-0.2, 0) is 35.1 Å². The minimum atomic E-state index is -1.35. The quantitative estimate of drug-likeness (QED) is 0.232. The van der Waals surface area contributed by atoms with E-state index in [4.69, 9.17) is 15.2 Å². The van der Waals surface area contributed by atoms with E-state index in [9.17, 15) is 29.1 Å². The van der Waals surface area contributed by atoms with Crippen LogP contribution in [0.15, 0.2) is 22.7 Å². The fourth-order valence-corrected chi connectivity index (χ4v) is 5.81. The Hall–Kier alpha value is -3.39. The number of hydrogen-bond donors (Lipinski definition) is 3. The SMILES string of the molecule is CC/C=C(/C(=O)N[C@@H]1C(=O)N2C(C(=O)O)=C(COC(N)=O)CS[C@@H]12)c1csc(CC(=O)OC(C)(C)C)n1. The van der Waals surface area contributed by atoms with Crippen molar-refractivity contribution in [2.24, 2.45) is 5.73 Å². The molecule has 0 unspecified atom stereocenters. The number of rotatable bonds is 9. The van der Waals surface area contributed by atoms with Crippen molar-refractivity contribution in [3.05, 3.63) is 33.4 Å². The van der Waals surface area contributed by atoms with Crippen molar-refractivity contribution >= 4 is 58.5 Å². The molecule has 0 aliphatic carbocycles. The third-order valence-electron chi connectivity index (χ3n) is 5.12. The maximum Gasteiger partial charge on any atom is 0.404 e. The van der Waals surface area contributed by atoms with Crippen LogP contribution in [0.25, 0.3) is 5.57 Å². The third kappa shape index (κ3) is 6.68. The van der Waals surface area contributed by atoms with Crippen molar-refractivity contribution in [2.45, 2.75) is 57.6 Å². The van der Waals surface area contributed by atoms with E-state index in [0.29, 0.717) is 17.1 Å². The summed E-state index contributed by atoms with van der Waals surface area (Å²) in [7, 11) is 0. The van der Waals surface area contributed by atoms with E-state index in [1.165, 1.54) is 23.1 Å². The van der Waals surface area contributed by atoms with Gasteiger partial charge in [-0.1, -0.05) is 13.0 Å². The van der Waals surface area contributed by atoms with E-state index in [2.05, 4.69) is 10.3 Å². The highest BCUT2D eigenvalue weighted by Gasteiger charge is 2.54. The monoisotopic (exact) mass is 552 g/mol. The third-order valence-corrected chi connectivity index (χ3v) is 7.31. The maximum absolute atomic E-state index is 13.1. The van der Waals surface area contributed by atoms with Crippen molar-refractivity contribution in [1.29, 1.82) is 0 Å². The van der Waals surface area contributed by atoms with Gasteiger partial charge >= 0.3 is 18.0 Å².